The minimum absolute atomic E-state index is 0.00106. The van der Waals surface area contributed by atoms with Crippen LogP contribution in [0.5, 0.6) is 0 Å². The van der Waals surface area contributed by atoms with Gasteiger partial charge in [-0.3, -0.25) is 4.79 Å². The molecule has 0 bridgehead atoms. The van der Waals surface area contributed by atoms with Crippen LogP contribution >= 0.6 is 0 Å². The monoisotopic (exact) mass is 249 g/mol. The van der Waals surface area contributed by atoms with Crippen molar-refractivity contribution in [1.82, 2.24) is 0 Å². The summed E-state index contributed by atoms with van der Waals surface area (Å²) in [6.45, 7) is 0.485. The number of benzene rings is 1. The van der Waals surface area contributed by atoms with E-state index in [0.29, 0.717) is 24.2 Å². The van der Waals surface area contributed by atoms with Crippen LogP contribution in [0.3, 0.4) is 0 Å². The quantitative estimate of drug-likeness (QED) is 0.805. The van der Waals surface area contributed by atoms with E-state index in [0.717, 1.165) is 0 Å². The van der Waals surface area contributed by atoms with Crippen LogP contribution < -0.4 is 4.90 Å². The first-order valence-corrected chi connectivity index (χ1v) is 5.75. The van der Waals surface area contributed by atoms with Crippen LogP contribution in [0, 0.1) is 5.92 Å². The average Bonchev–Trinajstić information content (AvgIpc) is 2.79. The number of aliphatic hydroxyl groups excluding tert-OH is 1. The Kier molecular flexibility index (Phi) is 3.62. The first-order valence-electron chi connectivity index (χ1n) is 5.75. The molecule has 0 aliphatic carbocycles. The van der Waals surface area contributed by atoms with Crippen LogP contribution in [-0.2, 0) is 9.53 Å². The predicted molar refractivity (Wildman–Crippen MR) is 65.3 cm³/mol. The van der Waals surface area contributed by atoms with Crippen molar-refractivity contribution in [3.05, 3.63) is 29.8 Å². The minimum atomic E-state index is -0.429. The number of anilines is 1. The van der Waals surface area contributed by atoms with Gasteiger partial charge in [-0.05, 0) is 18.2 Å². The Morgan fingerprint density at radius 2 is 2.33 bits per heavy atom. The highest BCUT2D eigenvalue weighted by molar-refractivity contribution is 5.97. The van der Waals surface area contributed by atoms with Gasteiger partial charge in [-0.2, -0.15) is 0 Å². The van der Waals surface area contributed by atoms with Gasteiger partial charge in [-0.1, -0.05) is 6.07 Å². The van der Waals surface area contributed by atoms with Crippen molar-refractivity contribution in [2.24, 2.45) is 5.92 Å². The largest absolute Gasteiger partial charge is 0.465 e. The molecule has 5 nitrogen and oxygen atoms in total. The third kappa shape index (κ3) is 2.36. The van der Waals surface area contributed by atoms with E-state index >= 15 is 0 Å². The minimum Gasteiger partial charge on any atom is -0.465 e. The van der Waals surface area contributed by atoms with Crippen molar-refractivity contribution < 1.29 is 19.4 Å². The van der Waals surface area contributed by atoms with Gasteiger partial charge in [-0.25, -0.2) is 4.79 Å². The molecule has 0 saturated carbocycles. The Labute approximate surface area is 105 Å². The number of carbonyl (C=O) groups is 2. The zero-order valence-electron chi connectivity index (χ0n) is 10.1. The Morgan fingerprint density at radius 1 is 1.56 bits per heavy atom. The second-order valence-corrected chi connectivity index (χ2v) is 4.30. The third-order valence-electron chi connectivity index (χ3n) is 3.04. The molecule has 1 atom stereocenters. The van der Waals surface area contributed by atoms with Gasteiger partial charge in [0.25, 0.3) is 0 Å². The molecule has 1 unspecified atom stereocenters. The van der Waals surface area contributed by atoms with Crippen molar-refractivity contribution in [1.29, 1.82) is 0 Å². The molecule has 0 spiro atoms. The van der Waals surface area contributed by atoms with Gasteiger partial charge >= 0.3 is 5.97 Å². The molecule has 1 amide bonds. The van der Waals surface area contributed by atoms with E-state index in [4.69, 9.17) is 5.11 Å². The summed E-state index contributed by atoms with van der Waals surface area (Å²) in [6, 6.07) is 6.74. The molecule has 5 heteroatoms. The second-order valence-electron chi connectivity index (χ2n) is 4.30. The summed E-state index contributed by atoms with van der Waals surface area (Å²) >= 11 is 0. The number of aliphatic hydroxyl groups is 1. The molecule has 18 heavy (non-hydrogen) atoms. The Balaban J connectivity index is 2.24. The zero-order chi connectivity index (χ0) is 13.1. The van der Waals surface area contributed by atoms with E-state index < -0.39 is 5.97 Å². The fourth-order valence-corrected chi connectivity index (χ4v) is 2.07. The van der Waals surface area contributed by atoms with Crippen molar-refractivity contribution in [2.45, 2.75) is 6.42 Å². The molecule has 1 aliphatic rings. The number of nitrogens with zero attached hydrogens (tertiary/aromatic N) is 1. The van der Waals surface area contributed by atoms with Gasteiger partial charge in [0.05, 0.1) is 12.7 Å². The highest BCUT2D eigenvalue weighted by atomic mass is 16.5. The molecule has 1 heterocycles. The Bertz CT molecular complexity index is 472. The van der Waals surface area contributed by atoms with E-state index in [1.807, 2.05) is 0 Å². The summed E-state index contributed by atoms with van der Waals surface area (Å²) in [4.78, 5) is 24.8. The smallest absolute Gasteiger partial charge is 0.337 e. The maximum Gasteiger partial charge on any atom is 0.337 e. The molecule has 96 valence electrons. The lowest BCUT2D eigenvalue weighted by Crippen LogP contribution is -2.25. The van der Waals surface area contributed by atoms with Gasteiger partial charge in [0.15, 0.2) is 0 Å². The van der Waals surface area contributed by atoms with Crippen molar-refractivity contribution >= 4 is 17.6 Å². The Hall–Kier alpha value is -1.88. The normalized spacial score (nSPS) is 19.1. The van der Waals surface area contributed by atoms with E-state index in [2.05, 4.69) is 4.74 Å². The maximum atomic E-state index is 11.8. The number of methoxy groups -OCH3 is 1. The SMILES string of the molecule is COC(=O)c1cccc(N2CC(CO)CC2=O)c1. The first kappa shape index (κ1) is 12.6. The number of ether oxygens (including phenoxy) is 1. The number of hydrogen-bond acceptors (Lipinski definition) is 4. The summed E-state index contributed by atoms with van der Waals surface area (Å²) in [6.07, 6.45) is 0.346. The van der Waals surface area contributed by atoms with Crippen LogP contribution in [-0.4, -0.2) is 37.2 Å². The molecule has 1 aliphatic heterocycles. The van der Waals surface area contributed by atoms with Gasteiger partial charge in [0.2, 0.25) is 5.91 Å². The summed E-state index contributed by atoms with van der Waals surface area (Å²) in [5.41, 5.74) is 1.08. The molecule has 0 radical (unpaired) electrons. The van der Waals surface area contributed by atoms with Gasteiger partial charge in [0.1, 0.15) is 0 Å². The fraction of sp³-hybridized carbons (Fsp3) is 0.385. The Morgan fingerprint density at radius 3 is 2.94 bits per heavy atom. The fourth-order valence-electron chi connectivity index (χ4n) is 2.07. The van der Waals surface area contributed by atoms with Gasteiger partial charge < -0.3 is 14.7 Å². The van der Waals surface area contributed by atoms with Crippen molar-refractivity contribution in [3.63, 3.8) is 0 Å². The molecule has 1 aromatic carbocycles. The van der Waals surface area contributed by atoms with Crippen molar-refractivity contribution in [3.8, 4) is 0 Å². The molecular formula is C13H15NO4. The molecule has 1 N–H and O–H groups in total. The van der Waals surface area contributed by atoms with Crippen LogP contribution in [0.4, 0.5) is 5.69 Å². The lowest BCUT2D eigenvalue weighted by molar-refractivity contribution is -0.117. The maximum absolute atomic E-state index is 11.8. The summed E-state index contributed by atoms with van der Waals surface area (Å²) in [7, 11) is 1.32. The third-order valence-corrected chi connectivity index (χ3v) is 3.04. The molecule has 1 fully saturated rings. The van der Waals surface area contributed by atoms with Crippen LogP contribution in [0.1, 0.15) is 16.8 Å². The number of rotatable bonds is 3. The van der Waals surface area contributed by atoms with Crippen LogP contribution in [0.2, 0.25) is 0 Å². The lowest BCUT2D eigenvalue weighted by atomic mass is 10.1. The summed E-state index contributed by atoms with van der Waals surface area (Å²) in [5, 5.41) is 9.08. The van der Waals surface area contributed by atoms with Crippen LogP contribution in [0.25, 0.3) is 0 Å². The molecule has 1 aromatic rings. The lowest BCUT2D eigenvalue weighted by Gasteiger charge is -2.17. The highest BCUT2D eigenvalue weighted by Gasteiger charge is 2.30. The van der Waals surface area contributed by atoms with Crippen molar-refractivity contribution in [2.75, 3.05) is 25.2 Å². The van der Waals surface area contributed by atoms with E-state index in [1.165, 1.54) is 7.11 Å². The number of amides is 1. The van der Waals surface area contributed by atoms with E-state index in [9.17, 15) is 9.59 Å². The second kappa shape index (κ2) is 5.18. The molecule has 0 aromatic heterocycles. The molecular weight excluding hydrogens is 234 g/mol. The standard InChI is InChI=1S/C13H15NO4/c1-18-13(17)10-3-2-4-11(6-10)14-7-9(8-15)5-12(14)16/h2-4,6,9,15H,5,7-8H2,1H3. The van der Waals surface area contributed by atoms with Crippen LogP contribution in [0.15, 0.2) is 24.3 Å². The summed E-state index contributed by atoms with van der Waals surface area (Å²) < 4.78 is 4.64. The topological polar surface area (TPSA) is 66.8 Å². The highest BCUT2D eigenvalue weighted by Crippen LogP contribution is 2.25. The molecule has 2 rings (SSSR count). The van der Waals surface area contributed by atoms with E-state index in [1.54, 1.807) is 29.2 Å². The first-order chi connectivity index (χ1) is 8.65. The molecule has 1 saturated heterocycles. The number of carbonyl (C=O) groups excluding carboxylic acids is 2. The predicted octanol–water partition coefficient (Wildman–Crippen LogP) is 0.818. The van der Waals surface area contributed by atoms with Gasteiger partial charge in [-0.15, -0.1) is 0 Å². The van der Waals surface area contributed by atoms with E-state index in [-0.39, 0.29) is 18.4 Å². The zero-order valence-corrected chi connectivity index (χ0v) is 10.1. The van der Waals surface area contributed by atoms with Gasteiger partial charge in [0, 0.05) is 31.2 Å². The number of esters is 1. The average molecular weight is 249 g/mol. The number of hydrogen-bond donors (Lipinski definition) is 1. The summed E-state index contributed by atoms with van der Waals surface area (Å²) in [5.74, 6) is -0.488.